The number of aryl methyl sites for hydroxylation is 1. The topological polar surface area (TPSA) is 81.0 Å². The van der Waals surface area contributed by atoms with E-state index in [0.29, 0.717) is 43.6 Å². The van der Waals surface area contributed by atoms with E-state index in [1.165, 1.54) is 24.6 Å². The molecule has 0 saturated carbocycles. The molecule has 1 aliphatic rings. The lowest BCUT2D eigenvalue weighted by atomic mass is 10.1. The molecule has 4 rings (SSSR count). The number of nitrogens with zero attached hydrogens (tertiary/aromatic N) is 4. The Kier molecular flexibility index (Phi) is 5.68. The van der Waals surface area contributed by atoms with Gasteiger partial charge in [-0.15, -0.1) is 5.10 Å². The van der Waals surface area contributed by atoms with Crippen molar-refractivity contribution in [2.75, 3.05) is 43.6 Å². The molecule has 0 aliphatic carbocycles. The van der Waals surface area contributed by atoms with Gasteiger partial charge in [0, 0.05) is 24.8 Å². The second-order valence-corrected chi connectivity index (χ2v) is 7.39. The minimum absolute atomic E-state index is 0.0480. The number of halogens is 3. The summed E-state index contributed by atoms with van der Waals surface area (Å²) < 4.78 is 51.8. The largest absolute Gasteiger partial charge is 0.465 e. The maximum atomic E-state index is 13.4. The molecular formula is C21H22F3N5O3. The number of carbonyl (C=O) groups excluding carboxylic acids is 1. The molecule has 3 aromatic rings. The first-order valence-electron chi connectivity index (χ1n) is 9.96. The van der Waals surface area contributed by atoms with Crippen LogP contribution in [-0.2, 0) is 15.7 Å². The van der Waals surface area contributed by atoms with Crippen molar-refractivity contribution >= 4 is 28.9 Å². The van der Waals surface area contributed by atoms with Gasteiger partial charge in [-0.1, -0.05) is 6.07 Å². The minimum atomic E-state index is -4.48. The third-order valence-electron chi connectivity index (χ3n) is 5.38. The highest BCUT2D eigenvalue weighted by Gasteiger charge is 2.33. The molecule has 170 valence electrons. The van der Waals surface area contributed by atoms with Crippen molar-refractivity contribution in [1.29, 1.82) is 0 Å². The number of imidazole rings is 1. The SMILES string of the molecule is COC(=O)c1cc(N2CCOCC2)nn2c(Nc3cccc(C(F)(F)F)c3C)c(C)nc12. The molecule has 1 aromatic carbocycles. The molecule has 1 fully saturated rings. The number of ether oxygens (including phenoxy) is 2. The second-order valence-electron chi connectivity index (χ2n) is 7.39. The number of hydrogen-bond donors (Lipinski definition) is 1. The molecule has 1 saturated heterocycles. The Balaban J connectivity index is 1.85. The zero-order valence-corrected chi connectivity index (χ0v) is 17.8. The van der Waals surface area contributed by atoms with Gasteiger partial charge in [0.25, 0.3) is 0 Å². The van der Waals surface area contributed by atoms with Gasteiger partial charge in [-0.05, 0) is 31.5 Å². The lowest BCUT2D eigenvalue weighted by molar-refractivity contribution is -0.138. The number of carbonyl (C=O) groups is 1. The molecule has 2 aromatic heterocycles. The van der Waals surface area contributed by atoms with Gasteiger partial charge >= 0.3 is 12.1 Å². The summed E-state index contributed by atoms with van der Waals surface area (Å²) in [4.78, 5) is 18.9. The number of benzene rings is 1. The quantitative estimate of drug-likeness (QED) is 0.608. The number of fused-ring (bicyclic) bond motifs is 1. The van der Waals surface area contributed by atoms with Crippen LogP contribution in [-0.4, -0.2) is 54.0 Å². The van der Waals surface area contributed by atoms with Crippen molar-refractivity contribution in [3.05, 3.63) is 46.6 Å². The lowest BCUT2D eigenvalue weighted by Crippen LogP contribution is -2.37. The summed E-state index contributed by atoms with van der Waals surface area (Å²) in [5, 5.41) is 7.66. The third kappa shape index (κ3) is 3.95. The first-order chi connectivity index (χ1) is 15.2. The number of anilines is 3. The Hall–Kier alpha value is -3.34. The highest BCUT2D eigenvalue weighted by Crippen LogP contribution is 2.36. The first-order valence-corrected chi connectivity index (χ1v) is 9.96. The highest BCUT2D eigenvalue weighted by atomic mass is 19.4. The van der Waals surface area contributed by atoms with E-state index in [9.17, 15) is 18.0 Å². The fraction of sp³-hybridized carbons (Fsp3) is 0.381. The molecule has 0 spiro atoms. The van der Waals surface area contributed by atoms with Crippen LogP contribution in [0.5, 0.6) is 0 Å². The normalized spacial score (nSPS) is 14.6. The van der Waals surface area contributed by atoms with Gasteiger partial charge in [-0.3, -0.25) is 0 Å². The molecule has 0 unspecified atom stereocenters. The Bertz CT molecular complexity index is 1170. The average molecular weight is 449 g/mol. The fourth-order valence-corrected chi connectivity index (χ4v) is 3.67. The molecule has 8 nitrogen and oxygen atoms in total. The number of methoxy groups -OCH3 is 1. The van der Waals surface area contributed by atoms with Gasteiger partial charge in [-0.25, -0.2) is 9.78 Å². The van der Waals surface area contributed by atoms with E-state index >= 15 is 0 Å². The molecule has 0 bridgehead atoms. The van der Waals surface area contributed by atoms with Gasteiger partial charge in [0.2, 0.25) is 0 Å². The number of alkyl halides is 3. The zero-order valence-electron chi connectivity index (χ0n) is 17.8. The van der Waals surface area contributed by atoms with E-state index in [-0.39, 0.29) is 22.5 Å². The standard InChI is InChI=1S/C21H22F3N5O3/c1-12-15(21(22,23)24)5-4-6-16(12)26-18-13(2)25-19-14(20(30)31-3)11-17(27-29(18)19)28-7-9-32-10-8-28/h4-6,11,26H,7-10H2,1-3H3. The summed E-state index contributed by atoms with van der Waals surface area (Å²) in [6.45, 7) is 5.30. The van der Waals surface area contributed by atoms with Gasteiger partial charge in [0.15, 0.2) is 17.3 Å². The molecule has 32 heavy (non-hydrogen) atoms. The van der Waals surface area contributed by atoms with Crippen LogP contribution in [0.2, 0.25) is 0 Å². The summed E-state index contributed by atoms with van der Waals surface area (Å²) in [6, 6.07) is 5.53. The van der Waals surface area contributed by atoms with Crippen molar-refractivity contribution in [2.24, 2.45) is 0 Å². The molecule has 1 N–H and O–H groups in total. The third-order valence-corrected chi connectivity index (χ3v) is 5.38. The van der Waals surface area contributed by atoms with Crippen LogP contribution < -0.4 is 10.2 Å². The van der Waals surface area contributed by atoms with Crippen LogP contribution in [0.3, 0.4) is 0 Å². The first kappa shape index (κ1) is 21.9. The van der Waals surface area contributed by atoms with Gasteiger partial charge in [0.1, 0.15) is 5.56 Å². The predicted molar refractivity (Wildman–Crippen MR) is 112 cm³/mol. The maximum Gasteiger partial charge on any atom is 0.416 e. The minimum Gasteiger partial charge on any atom is -0.465 e. The van der Waals surface area contributed by atoms with Crippen LogP contribution in [0.1, 0.15) is 27.2 Å². The van der Waals surface area contributed by atoms with Crippen molar-refractivity contribution in [3.8, 4) is 0 Å². The van der Waals surface area contributed by atoms with Crippen LogP contribution in [0.25, 0.3) is 5.65 Å². The van der Waals surface area contributed by atoms with E-state index < -0.39 is 17.7 Å². The van der Waals surface area contributed by atoms with Crippen LogP contribution >= 0.6 is 0 Å². The predicted octanol–water partition coefficient (Wildman–Crippen LogP) is 3.73. The van der Waals surface area contributed by atoms with Gasteiger partial charge < -0.3 is 19.7 Å². The monoisotopic (exact) mass is 449 g/mol. The molecule has 11 heteroatoms. The summed E-state index contributed by atoms with van der Waals surface area (Å²) in [6.07, 6.45) is -4.48. The summed E-state index contributed by atoms with van der Waals surface area (Å²) in [5.41, 5.74) is 0.513. The number of nitrogens with one attached hydrogen (secondary N) is 1. The Labute approximate surface area is 181 Å². The number of morpholine rings is 1. The molecule has 3 heterocycles. The average Bonchev–Trinajstić information content (AvgIpc) is 3.08. The molecule has 1 aliphatic heterocycles. The Morgan fingerprint density at radius 2 is 1.94 bits per heavy atom. The zero-order chi connectivity index (χ0) is 23.0. The van der Waals surface area contributed by atoms with Crippen molar-refractivity contribution in [2.45, 2.75) is 20.0 Å². The fourth-order valence-electron chi connectivity index (χ4n) is 3.67. The number of aromatic nitrogens is 3. The summed E-state index contributed by atoms with van der Waals surface area (Å²) >= 11 is 0. The summed E-state index contributed by atoms with van der Waals surface area (Å²) in [7, 11) is 1.27. The number of rotatable bonds is 4. The smallest absolute Gasteiger partial charge is 0.416 e. The van der Waals surface area contributed by atoms with Crippen molar-refractivity contribution in [3.63, 3.8) is 0 Å². The van der Waals surface area contributed by atoms with Crippen LogP contribution in [0.4, 0.5) is 30.5 Å². The van der Waals surface area contributed by atoms with E-state index in [0.717, 1.165) is 6.07 Å². The van der Waals surface area contributed by atoms with Crippen molar-refractivity contribution in [1.82, 2.24) is 14.6 Å². The van der Waals surface area contributed by atoms with E-state index in [1.807, 2.05) is 4.90 Å². The van der Waals surface area contributed by atoms with Gasteiger partial charge in [-0.2, -0.15) is 17.7 Å². The lowest BCUT2D eigenvalue weighted by Gasteiger charge is -2.28. The number of hydrogen-bond acceptors (Lipinski definition) is 7. The molecule has 0 radical (unpaired) electrons. The molecule has 0 amide bonds. The second kappa shape index (κ2) is 8.30. The van der Waals surface area contributed by atoms with E-state index in [1.54, 1.807) is 19.1 Å². The maximum absolute atomic E-state index is 13.4. The van der Waals surface area contributed by atoms with Crippen molar-refractivity contribution < 1.29 is 27.4 Å². The van der Waals surface area contributed by atoms with E-state index in [2.05, 4.69) is 15.4 Å². The van der Waals surface area contributed by atoms with Crippen LogP contribution in [0, 0.1) is 13.8 Å². The van der Waals surface area contributed by atoms with E-state index in [4.69, 9.17) is 9.47 Å². The Morgan fingerprint density at radius 3 is 2.59 bits per heavy atom. The molecular weight excluding hydrogens is 427 g/mol. The van der Waals surface area contributed by atoms with Crippen LogP contribution in [0.15, 0.2) is 24.3 Å². The number of esters is 1. The van der Waals surface area contributed by atoms with Gasteiger partial charge in [0.05, 0.1) is 31.6 Å². The molecule has 0 atom stereocenters. The Morgan fingerprint density at radius 1 is 1.22 bits per heavy atom. The summed E-state index contributed by atoms with van der Waals surface area (Å²) in [5.74, 6) is 0.295. The highest BCUT2D eigenvalue weighted by molar-refractivity contribution is 5.97.